The first kappa shape index (κ1) is 10.8. The zero-order valence-corrected chi connectivity index (χ0v) is 9.07. The number of ether oxygens (including phenoxy) is 2. The lowest BCUT2D eigenvalue weighted by Gasteiger charge is -2.05. The molecule has 1 atom stereocenters. The van der Waals surface area contributed by atoms with E-state index in [4.69, 9.17) is 0 Å². The van der Waals surface area contributed by atoms with Crippen LogP contribution in [0.1, 0.15) is 0 Å². The minimum atomic E-state index is -1.03. The Balaban J connectivity index is 2.91. The van der Waals surface area contributed by atoms with E-state index in [1.54, 1.807) is 0 Å². The van der Waals surface area contributed by atoms with E-state index < -0.39 is 18.0 Å². The van der Waals surface area contributed by atoms with Crippen LogP contribution >= 0.6 is 15.9 Å². The maximum absolute atomic E-state index is 11.2. The predicted molar refractivity (Wildman–Crippen MR) is 51.6 cm³/mol. The van der Waals surface area contributed by atoms with Gasteiger partial charge in [-0.05, 0) is 15.9 Å². The molecule has 1 aliphatic rings. The quantitative estimate of drug-likeness (QED) is 0.515. The number of carbonyl (C=O) groups is 2. The molecular weight excluding hydrogens is 256 g/mol. The lowest BCUT2D eigenvalue weighted by atomic mass is 10.2. The van der Waals surface area contributed by atoms with Crippen molar-refractivity contribution >= 4 is 38.3 Å². The summed E-state index contributed by atoms with van der Waals surface area (Å²) < 4.78 is 9.06. The van der Waals surface area contributed by atoms with E-state index in [9.17, 15) is 9.59 Å². The first-order chi connectivity index (χ1) is 6.60. The van der Waals surface area contributed by atoms with Gasteiger partial charge in [-0.15, -0.1) is 0 Å². The standard InChI is InChI=1S/C7H7BrN2O4/c1-13-5(11)3-4(6(12)14-2)10-7(8)9-3/h3H,1-2H3/t3-/m1/s1. The highest BCUT2D eigenvalue weighted by Gasteiger charge is 2.35. The number of halogens is 1. The molecule has 0 N–H and O–H groups in total. The van der Waals surface area contributed by atoms with Crippen LogP contribution in [0, 0.1) is 0 Å². The van der Waals surface area contributed by atoms with Crippen molar-refractivity contribution in [2.75, 3.05) is 14.2 Å². The summed E-state index contributed by atoms with van der Waals surface area (Å²) in [5, 5.41) is 0. The van der Waals surface area contributed by atoms with Gasteiger partial charge in [0.05, 0.1) is 14.2 Å². The van der Waals surface area contributed by atoms with Gasteiger partial charge in [0.25, 0.3) is 0 Å². The fourth-order valence-electron chi connectivity index (χ4n) is 0.895. The maximum Gasteiger partial charge on any atom is 0.355 e. The summed E-state index contributed by atoms with van der Waals surface area (Å²) in [5.41, 5.74) is -0.0776. The van der Waals surface area contributed by atoms with E-state index in [1.807, 2.05) is 0 Å². The molecule has 14 heavy (non-hydrogen) atoms. The van der Waals surface area contributed by atoms with Gasteiger partial charge < -0.3 is 9.47 Å². The number of hydrogen-bond donors (Lipinski definition) is 0. The Bertz CT molecular complexity index is 337. The van der Waals surface area contributed by atoms with E-state index in [-0.39, 0.29) is 10.5 Å². The van der Waals surface area contributed by atoms with Crippen molar-refractivity contribution in [3.8, 4) is 0 Å². The topological polar surface area (TPSA) is 77.3 Å². The number of nitrogens with zero attached hydrogens (tertiary/aromatic N) is 2. The molecular formula is C7H7BrN2O4. The summed E-state index contributed by atoms with van der Waals surface area (Å²) in [6.45, 7) is 0. The lowest BCUT2D eigenvalue weighted by molar-refractivity contribution is -0.141. The first-order valence-corrected chi connectivity index (χ1v) is 4.37. The van der Waals surface area contributed by atoms with Gasteiger partial charge in [0.1, 0.15) is 0 Å². The third-order valence-corrected chi connectivity index (χ3v) is 1.91. The fraction of sp³-hybridized carbons (Fsp3) is 0.429. The number of carbonyl (C=O) groups excluding carboxylic acids is 2. The molecule has 6 nitrogen and oxygen atoms in total. The molecule has 0 spiro atoms. The molecule has 0 saturated heterocycles. The average molecular weight is 263 g/mol. The Morgan fingerprint density at radius 2 is 2.00 bits per heavy atom. The van der Waals surface area contributed by atoms with Gasteiger partial charge in [-0.1, -0.05) is 0 Å². The molecule has 1 aliphatic heterocycles. The van der Waals surface area contributed by atoms with Gasteiger partial charge in [-0.3, -0.25) is 0 Å². The Kier molecular flexibility index (Phi) is 3.34. The highest BCUT2D eigenvalue weighted by Crippen LogP contribution is 2.12. The predicted octanol–water partition coefficient (Wildman–Crippen LogP) is -0.0935. The Labute approximate surface area is 88.1 Å². The van der Waals surface area contributed by atoms with E-state index in [1.165, 1.54) is 14.2 Å². The molecule has 0 saturated carbocycles. The molecule has 1 heterocycles. The molecule has 76 valence electrons. The van der Waals surface area contributed by atoms with Crippen molar-refractivity contribution < 1.29 is 19.1 Å². The Morgan fingerprint density at radius 3 is 2.50 bits per heavy atom. The van der Waals surface area contributed by atoms with Crippen molar-refractivity contribution in [2.24, 2.45) is 9.98 Å². The zero-order chi connectivity index (χ0) is 10.7. The van der Waals surface area contributed by atoms with Crippen LogP contribution in [0.25, 0.3) is 0 Å². The number of hydrogen-bond acceptors (Lipinski definition) is 6. The third-order valence-electron chi connectivity index (χ3n) is 1.53. The fourth-order valence-corrected chi connectivity index (χ4v) is 1.29. The van der Waals surface area contributed by atoms with Crippen LogP contribution in [-0.4, -0.2) is 42.7 Å². The highest BCUT2D eigenvalue weighted by molar-refractivity contribution is 9.18. The monoisotopic (exact) mass is 262 g/mol. The summed E-state index contributed by atoms with van der Waals surface area (Å²) in [7, 11) is 2.41. The molecule has 0 bridgehead atoms. The number of esters is 2. The van der Waals surface area contributed by atoms with Crippen molar-refractivity contribution in [3.05, 3.63) is 0 Å². The highest BCUT2D eigenvalue weighted by atomic mass is 79.9. The molecule has 0 aromatic carbocycles. The molecule has 0 radical (unpaired) electrons. The summed E-state index contributed by atoms with van der Waals surface area (Å²) in [4.78, 5) is 29.8. The molecule has 0 fully saturated rings. The van der Waals surface area contributed by atoms with E-state index in [0.717, 1.165) is 0 Å². The van der Waals surface area contributed by atoms with Gasteiger partial charge in [0.15, 0.2) is 16.5 Å². The van der Waals surface area contributed by atoms with Crippen LogP contribution in [0.4, 0.5) is 0 Å². The molecule has 0 aromatic rings. The number of amidine groups is 1. The van der Waals surface area contributed by atoms with Crippen LogP contribution in [0.5, 0.6) is 0 Å². The van der Waals surface area contributed by atoms with Crippen molar-refractivity contribution in [3.63, 3.8) is 0 Å². The maximum atomic E-state index is 11.2. The van der Waals surface area contributed by atoms with Crippen LogP contribution in [0.3, 0.4) is 0 Å². The average Bonchev–Trinajstić information content (AvgIpc) is 2.58. The van der Waals surface area contributed by atoms with Crippen molar-refractivity contribution in [2.45, 2.75) is 6.04 Å². The van der Waals surface area contributed by atoms with Crippen LogP contribution in [0.15, 0.2) is 9.98 Å². The molecule has 0 unspecified atom stereocenters. The van der Waals surface area contributed by atoms with Crippen LogP contribution in [0.2, 0.25) is 0 Å². The molecule has 1 rings (SSSR count). The molecule has 0 aliphatic carbocycles. The largest absolute Gasteiger partial charge is 0.467 e. The van der Waals surface area contributed by atoms with Crippen LogP contribution < -0.4 is 0 Å². The molecule has 0 aromatic heterocycles. The molecule has 7 heteroatoms. The number of aliphatic imine (C=N–C) groups is 2. The van der Waals surface area contributed by atoms with E-state index in [0.29, 0.717) is 0 Å². The van der Waals surface area contributed by atoms with Gasteiger partial charge in [0.2, 0.25) is 0 Å². The normalized spacial score (nSPS) is 19.8. The van der Waals surface area contributed by atoms with Gasteiger partial charge in [-0.2, -0.15) is 0 Å². The Hall–Kier alpha value is -1.24. The number of methoxy groups -OCH3 is 2. The van der Waals surface area contributed by atoms with E-state index >= 15 is 0 Å². The van der Waals surface area contributed by atoms with Gasteiger partial charge >= 0.3 is 11.9 Å². The Morgan fingerprint density at radius 1 is 1.36 bits per heavy atom. The minimum absolute atomic E-state index is 0.0776. The smallest absolute Gasteiger partial charge is 0.355 e. The van der Waals surface area contributed by atoms with Crippen molar-refractivity contribution in [1.29, 1.82) is 0 Å². The van der Waals surface area contributed by atoms with Gasteiger partial charge in [0, 0.05) is 0 Å². The summed E-state index contributed by atoms with van der Waals surface area (Å²) >= 11 is 2.96. The lowest BCUT2D eigenvalue weighted by Crippen LogP contribution is -2.33. The SMILES string of the molecule is COC(=O)C1=NC(Br)=N[C@H]1C(=O)OC. The zero-order valence-electron chi connectivity index (χ0n) is 7.48. The van der Waals surface area contributed by atoms with Gasteiger partial charge in [-0.25, -0.2) is 19.6 Å². The first-order valence-electron chi connectivity index (χ1n) is 3.58. The summed E-state index contributed by atoms with van der Waals surface area (Å²) in [6, 6.07) is -1.03. The number of rotatable bonds is 2. The van der Waals surface area contributed by atoms with Crippen LogP contribution in [-0.2, 0) is 19.1 Å². The summed E-state index contributed by atoms with van der Waals surface area (Å²) in [6.07, 6.45) is 0. The van der Waals surface area contributed by atoms with E-state index in [2.05, 4.69) is 35.4 Å². The second kappa shape index (κ2) is 4.32. The molecule has 0 amide bonds. The second-order valence-corrected chi connectivity index (χ2v) is 3.02. The third kappa shape index (κ3) is 1.98. The summed E-state index contributed by atoms with van der Waals surface area (Å²) in [5.74, 6) is -1.35. The minimum Gasteiger partial charge on any atom is -0.467 e. The van der Waals surface area contributed by atoms with Crippen molar-refractivity contribution in [1.82, 2.24) is 0 Å². The second-order valence-electron chi connectivity index (χ2n) is 2.31.